The number of rotatable bonds is 5. The number of hydrogen-bond donors (Lipinski definition) is 0. The predicted molar refractivity (Wildman–Crippen MR) is 63.3 cm³/mol. The van der Waals surface area contributed by atoms with E-state index in [1.807, 2.05) is 18.2 Å². The molecule has 0 fully saturated rings. The van der Waals surface area contributed by atoms with Crippen molar-refractivity contribution in [3.05, 3.63) is 35.9 Å². The lowest BCUT2D eigenvalue weighted by Gasteiger charge is -2.16. The molecule has 0 aliphatic heterocycles. The highest BCUT2D eigenvalue weighted by Gasteiger charge is 2.10. The van der Waals surface area contributed by atoms with E-state index in [4.69, 9.17) is 0 Å². The number of benzene rings is 1. The van der Waals surface area contributed by atoms with Gasteiger partial charge < -0.3 is 9.69 Å². The number of Topliss-reactive ketones (excluding diaryl/α,β-unsaturated/α-hetero) is 1. The highest BCUT2D eigenvalue weighted by atomic mass is 16.2. The largest absolute Gasteiger partial charge is 0.342 e. The number of amides is 1. The first kappa shape index (κ1) is 12.4. The summed E-state index contributed by atoms with van der Waals surface area (Å²) in [7, 11) is 1.76. The molecule has 0 saturated carbocycles. The van der Waals surface area contributed by atoms with Gasteiger partial charge in [-0.15, -0.1) is 0 Å². The lowest BCUT2D eigenvalue weighted by Crippen LogP contribution is -2.27. The van der Waals surface area contributed by atoms with Crippen molar-refractivity contribution in [2.75, 3.05) is 13.6 Å². The molecule has 16 heavy (non-hydrogen) atoms. The molecule has 0 bridgehead atoms. The molecule has 3 heteroatoms. The third kappa shape index (κ3) is 3.85. The van der Waals surface area contributed by atoms with E-state index in [0.29, 0.717) is 18.5 Å². The Morgan fingerprint density at radius 3 is 2.38 bits per heavy atom. The minimum absolute atomic E-state index is 0.00384. The van der Waals surface area contributed by atoms with Crippen molar-refractivity contribution in [1.29, 1.82) is 0 Å². The number of nitrogens with zero attached hydrogens (tertiary/aromatic N) is 1. The quantitative estimate of drug-likeness (QED) is 0.760. The van der Waals surface area contributed by atoms with Crippen LogP contribution in [0.15, 0.2) is 30.3 Å². The molecule has 86 valence electrons. The lowest BCUT2D eigenvalue weighted by atomic mass is 10.2. The summed E-state index contributed by atoms with van der Waals surface area (Å²) in [6.07, 6.45) is 1.26. The maximum atomic E-state index is 11.9. The van der Waals surface area contributed by atoms with E-state index in [1.54, 1.807) is 31.0 Å². The zero-order chi connectivity index (χ0) is 12.0. The number of hydrogen-bond acceptors (Lipinski definition) is 2. The topological polar surface area (TPSA) is 37.4 Å². The second-order valence-electron chi connectivity index (χ2n) is 3.90. The van der Waals surface area contributed by atoms with Crippen LogP contribution >= 0.6 is 0 Å². The fourth-order valence-electron chi connectivity index (χ4n) is 1.47. The monoisotopic (exact) mass is 219 g/mol. The van der Waals surface area contributed by atoms with Gasteiger partial charge in [0.2, 0.25) is 0 Å². The van der Waals surface area contributed by atoms with Crippen LogP contribution in [0.25, 0.3) is 0 Å². The third-order valence-corrected chi connectivity index (χ3v) is 2.39. The Bertz CT molecular complexity index is 359. The van der Waals surface area contributed by atoms with Gasteiger partial charge in [-0.05, 0) is 25.5 Å². The predicted octanol–water partition coefficient (Wildman–Crippen LogP) is 2.13. The molecular weight excluding hydrogens is 202 g/mol. The molecule has 0 unspecified atom stereocenters. The molecule has 1 aromatic carbocycles. The molecule has 1 aromatic rings. The molecule has 0 aliphatic rings. The molecule has 1 rings (SSSR count). The van der Waals surface area contributed by atoms with Crippen LogP contribution in [0.2, 0.25) is 0 Å². The van der Waals surface area contributed by atoms with Crippen LogP contribution in [-0.4, -0.2) is 30.2 Å². The van der Waals surface area contributed by atoms with Crippen molar-refractivity contribution in [3.63, 3.8) is 0 Å². The standard InChI is InChI=1S/C13H17NO2/c1-11(15)7-6-10-14(2)13(16)12-8-4-3-5-9-12/h3-5,8-9H,6-7,10H2,1-2H3. The number of ketones is 1. The van der Waals surface area contributed by atoms with Crippen molar-refractivity contribution < 1.29 is 9.59 Å². The first-order chi connectivity index (χ1) is 7.61. The third-order valence-electron chi connectivity index (χ3n) is 2.39. The van der Waals surface area contributed by atoms with Crippen LogP contribution < -0.4 is 0 Å². The van der Waals surface area contributed by atoms with Gasteiger partial charge in [0.25, 0.3) is 5.91 Å². The molecule has 0 N–H and O–H groups in total. The Labute approximate surface area is 96.1 Å². The van der Waals surface area contributed by atoms with Gasteiger partial charge in [-0.2, -0.15) is 0 Å². The molecule has 0 aliphatic carbocycles. The number of carbonyl (C=O) groups is 2. The molecule has 0 heterocycles. The average molecular weight is 219 g/mol. The Balaban J connectivity index is 2.45. The normalized spacial score (nSPS) is 9.88. The molecule has 1 amide bonds. The Hall–Kier alpha value is -1.64. The summed E-state index contributed by atoms with van der Waals surface area (Å²) < 4.78 is 0. The van der Waals surface area contributed by atoms with E-state index in [9.17, 15) is 9.59 Å². The zero-order valence-corrected chi connectivity index (χ0v) is 9.77. The van der Waals surface area contributed by atoms with Gasteiger partial charge in [-0.1, -0.05) is 18.2 Å². The highest BCUT2D eigenvalue weighted by Crippen LogP contribution is 2.04. The molecule has 0 spiro atoms. The first-order valence-electron chi connectivity index (χ1n) is 5.41. The summed E-state index contributed by atoms with van der Waals surface area (Å²) in [5, 5.41) is 0. The van der Waals surface area contributed by atoms with Crippen molar-refractivity contribution >= 4 is 11.7 Å². The average Bonchev–Trinajstić information content (AvgIpc) is 2.28. The van der Waals surface area contributed by atoms with E-state index in [1.165, 1.54) is 0 Å². The minimum atomic E-state index is 0.00384. The van der Waals surface area contributed by atoms with Crippen molar-refractivity contribution in [2.45, 2.75) is 19.8 Å². The molecule has 3 nitrogen and oxygen atoms in total. The molecule has 0 saturated heterocycles. The lowest BCUT2D eigenvalue weighted by molar-refractivity contribution is -0.117. The first-order valence-corrected chi connectivity index (χ1v) is 5.41. The zero-order valence-electron chi connectivity index (χ0n) is 9.77. The van der Waals surface area contributed by atoms with Crippen molar-refractivity contribution in [1.82, 2.24) is 4.90 Å². The van der Waals surface area contributed by atoms with E-state index >= 15 is 0 Å². The fraction of sp³-hybridized carbons (Fsp3) is 0.385. The van der Waals surface area contributed by atoms with E-state index < -0.39 is 0 Å². The van der Waals surface area contributed by atoms with Gasteiger partial charge >= 0.3 is 0 Å². The summed E-state index contributed by atoms with van der Waals surface area (Å²) in [5.74, 6) is 0.171. The fourth-order valence-corrected chi connectivity index (χ4v) is 1.47. The highest BCUT2D eigenvalue weighted by molar-refractivity contribution is 5.94. The molecular formula is C13H17NO2. The van der Waals surface area contributed by atoms with Crippen LogP contribution in [-0.2, 0) is 4.79 Å². The maximum absolute atomic E-state index is 11.9. The van der Waals surface area contributed by atoms with Crippen LogP contribution in [0, 0.1) is 0 Å². The van der Waals surface area contributed by atoms with Crippen LogP contribution in [0.5, 0.6) is 0 Å². The maximum Gasteiger partial charge on any atom is 0.253 e. The van der Waals surface area contributed by atoms with Gasteiger partial charge in [0.05, 0.1) is 0 Å². The van der Waals surface area contributed by atoms with Gasteiger partial charge in [-0.3, -0.25) is 4.79 Å². The molecule has 0 aromatic heterocycles. The van der Waals surface area contributed by atoms with Gasteiger partial charge in [0.15, 0.2) is 0 Å². The number of carbonyl (C=O) groups excluding carboxylic acids is 2. The van der Waals surface area contributed by atoms with E-state index in [-0.39, 0.29) is 11.7 Å². The summed E-state index contributed by atoms with van der Waals surface area (Å²) in [6, 6.07) is 9.16. The van der Waals surface area contributed by atoms with Crippen LogP contribution in [0.1, 0.15) is 30.1 Å². The van der Waals surface area contributed by atoms with Crippen molar-refractivity contribution in [2.24, 2.45) is 0 Å². The van der Waals surface area contributed by atoms with Gasteiger partial charge in [0, 0.05) is 25.6 Å². The van der Waals surface area contributed by atoms with Crippen molar-refractivity contribution in [3.8, 4) is 0 Å². The summed E-state index contributed by atoms with van der Waals surface area (Å²) >= 11 is 0. The van der Waals surface area contributed by atoms with E-state index in [0.717, 1.165) is 6.42 Å². The molecule has 0 radical (unpaired) electrons. The smallest absolute Gasteiger partial charge is 0.253 e. The SMILES string of the molecule is CC(=O)CCCN(C)C(=O)c1ccccc1. The Morgan fingerprint density at radius 1 is 1.19 bits per heavy atom. The molecule has 0 atom stereocenters. The second-order valence-corrected chi connectivity index (χ2v) is 3.90. The van der Waals surface area contributed by atoms with Gasteiger partial charge in [0.1, 0.15) is 5.78 Å². The Morgan fingerprint density at radius 2 is 1.81 bits per heavy atom. The van der Waals surface area contributed by atoms with E-state index in [2.05, 4.69) is 0 Å². The Kier molecular flexibility index (Phi) is 4.70. The van der Waals surface area contributed by atoms with Gasteiger partial charge in [-0.25, -0.2) is 0 Å². The second kappa shape index (κ2) is 6.05. The minimum Gasteiger partial charge on any atom is -0.342 e. The summed E-state index contributed by atoms with van der Waals surface area (Å²) in [5.41, 5.74) is 0.688. The van der Waals surface area contributed by atoms with Crippen LogP contribution in [0.3, 0.4) is 0 Å². The summed E-state index contributed by atoms with van der Waals surface area (Å²) in [4.78, 5) is 24.3. The van der Waals surface area contributed by atoms with Crippen LogP contribution in [0.4, 0.5) is 0 Å². The summed E-state index contributed by atoms with van der Waals surface area (Å²) in [6.45, 7) is 2.19.